The van der Waals surface area contributed by atoms with Crippen molar-refractivity contribution in [2.45, 2.75) is 18.8 Å². The molecule has 0 saturated heterocycles. The van der Waals surface area contributed by atoms with Crippen LogP contribution in [0, 0.1) is 0 Å². The Kier molecular flexibility index (Phi) is 1.80. The maximum absolute atomic E-state index is 11.2. The van der Waals surface area contributed by atoms with Gasteiger partial charge in [0.25, 0.3) is 5.56 Å². The van der Waals surface area contributed by atoms with Gasteiger partial charge in [-0.05, 0) is 18.8 Å². The van der Waals surface area contributed by atoms with Gasteiger partial charge in [-0.3, -0.25) is 4.79 Å². The molecule has 1 aliphatic carbocycles. The molecule has 1 fully saturated rings. The summed E-state index contributed by atoms with van der Waals surface area (Å²) in [6.45, 7) is 0. The number of hydrogen-bond donors (Lipinski definition) is 3. The molecule has 0 radical (unpaired) electrons. The Balaban J connectivity index is 2.55. The third-order valence-corrected chi connectivity index (χ3v) is 2.26. The highest BCUT2D eigenvalue weighted by Gasteiger charge is 2.27. The molecule has 0 aromatic carbocycles. The van der Waals surface area contributed by atoms with Crippen LogP contribution in [-0.4, -0.2) is 21.2 Å². The first-order chi connectivity index (χ1) is 6.59. The predicted octanol–water partition coefficient (Wildman–Crippen LogP) is 0.656. The Bertz CT molecular complexity index is 445. The Morgan fingerprint density at radius 2 is 2.14 bits per heavy atom. The maximum atomic E-state index is 11.2. The lowest BCUT2D eigenvalue weighted by molar-refractivity contribution is 0.0691. The zero-order valence-corrected chi connectivity index (χ0v) is 7.28. The van der Waals surface area contributed by atoms with Crippen LogP contribution in [0.15, 0.2) is 10.9 Å². The lowest BCUT2D eigenvalue weighted by atomic mass is 10.2. The Morgan fingerprint density at radius 3 is 2.57 bits per heavy atom. The molecule has 0 bridgehead atoms. The molecule has 2 rings (SSSR count). The van der Waals surface area contributed by atoms with E-state index in [9.17, 15) is 14.7 Å². The number of H-pyrrole nitrogens is 1. The topological polar surface area (TPSA) is 90.4 Å². The van der Waals surface area contributed by atoms with Gasteiger partial charge >= 0.3 is 5.97 Å². The van der Waals surface area contributed by atoms with Crippen molar-refractivity contribution in [3.63, 3.8) is 0 Å². The van der Waals surface area contributed by atoms with Crippen LogP contribution in [0.1, 0.15) is 34.8 Å². The molecule has 0 aliphatic heterocycles. The Morgan fingerprint density at radius 1 is 1.50 bits per heavy atom. The lowest BCUT2D eigenvalue weighted by Gasteiger charge is -2.02. The molecular formula is C9H9NO4. The molecule has 74 valence electrons. The van der Waals surface area contributed by atoms with Gasteiger partial charge in [-0.2, -0.15) is 0 Å². The van der Waals surface area contributed by atoms with E-state index in [1.807, 2.05) is 0 Å². The molecule has 0 spiro atoms. The molecule has 1 heterocycles. The van der Waals surface area contributed by atoms with E-state index in [2.05, 4.69) is 4.98 Å². The van der Waals surface area contributed by atoms with E-state index in [1.165, 1.54) is 6.07 Å². The van der Waals surface area contributed by atoms with Crippen molar-refractivity contribution in [3.8, 4) is 5.75 Å². The maximum Gasteiger partial charge on any atom is 0.345 e. The first-order valence-electron chi connectivity index (χ1n) is 4.29. The summed E-state index contributed by atoms with van der Waals surface area (Å²) in [5.74, 6) is -1.59. The number of nitrogens with one attached hydrogen (secondary N) is 1. The summed E-state index contributed by atoms with van der Waals surface area (Å²) in [7, 11) is 0. The Hall–Kier alpha value is -1.78. The zero-order valence-electron chi connectivity index (χ0n) is 7.28. The first-order valence-corrected chi connectivity index (χ1v) is 4.29. The van der Waals surface area contributed by atoms with E-state index in [4.69, 9.17) is 5.11 Å². The summed E-state index contributed by atoms with van der Waals surface area (Å²) < 4.78 is 0. The van der Waals surface area contributed by atoms with Crippen molar-refractivity contribution < 1.29 is 15.0 Å². The van der Waals surface area contributed by atoms with Gasteiger partial charge in [0.2, 0.25) is 0 Å². The molecule has 0 atom stereocenters. The minimum absolute atomic E-state index is 0.274. The standard InChI is InChI=1S/C9H9NO4/c11-6-3-5(4-1-2-4)10-8(12)7(6)9(13)14/h3-4H,1-2H2,(H,13,14)(H2,10,11,12). The van der Waals surface area contributed by atoms with Crippen LogP contribution >= 0.6 is 0 Å². The monoisotopic (exact) mass is 195 g/mol. The molecule has 1 saturated carbocycles. The van der Waals surface area contributed by atoms with Gasteiger partial charge in [-0.15, -0.1) is 0 Å². The number of aromatic amines is 1. The molecule has 1 aromatic heterocycles. The minimum atomic E-state index is -1.41. The third kappa shape index (κ3) is 1.37. The molecular weight excluding hydrogens is 186 g/mol. The quantitative estimate of drug-likeness (QED) is 0.646. The molecule has 14 heavy (non-hydrogen) atoms. The van der Waals surface area contributed by atoms with E-state index in [0.717, 1.165) is 12.8 Å². The predicted molar refractivity (Wildman–Crippen MR) is 47.7 cm³/mol. The van der Waals surface area contributed by atoms with Crippen LogP contribution in [-0.2, 0) is 0 Å². The largest absolute Gasteiger partial charge is 0.507 e. The van der Waals surface area contributed by atoms with Gasteiger partial charge in [0.05, 0.1) is 0 Å². The average Bonchev–Trinajstić information content (AvgIpc) is 2.83. The molecule has 5 heteroatoms. The second-order valence-electron chi connectivity index (χ2n) is 3.39. The number of carboxylic acid groups (broad SMARTS) is 1. The van der Waals surface area contributed by atoms with Crippen LogP contribution in [0.2, 0.25) is 0 Å². The number of pyridine rings is 1. The van der Waals surface area contributed by atoms with E-state index < -0.39 is 22.8 Å². The molecule has 1 aliphatic rings. The van der Waals surface area contributed by atoms with Gasteiger partial charge < -0.3 is 15.2 Å². The van der Waals surface area contributed by atoms with Crippen molar-refractivity contribution >= 4 is 5.97 Å². The van der Waals surface area contributed by atoms with E-state index >= 15 is 0 Å². The van der Waals surface area contributed by atoms with Gasteiger partial charge in [0.1, 0.15) is 5.75 Å². The van der Waals surface area contributed by atoms with Gasteiger partial charge in [-0.25, -0.2) is 4.79 Å². The zero-order chi connectivity index (χ0) is 10.3. The smallest absolute Gasteiger partial charge is 0.345 e. The van der Waals surface area contributed by atoms with Gasteiger partial charge in [-0.1, -0.05) is 0 Å². The molecule has 0 unspecified atom stereocenters. The highest BCUT2D eigenvalue weighted by Crippen LogP contribution is 2.39. The number of rotatable bonds is 2. The van der Waals surface area contributed by atoms with Crippen LogP contribution < -0.4 is 5.56 Å². The highest BCUT2D eigenvalue weighted by atomic mass is 16.4. The number of hydrogen-bond acceptors (Lipinski definition) is 3. The van der Waals surface area contributed by atoms with E-state index in [0.29, 0.717) is 5.69 Å². The van der Waals surface area contributed by atoms with E-state index in [1.54, 1.807) is 0 Å². The second kappa shape index (κ2) is 2.87. The van der Waals surface area contributed by atoms with Crippen LogP contribution in [0.4, 0.5) is 0 Å². The first kappa shape index (κ1) is 8.80. The van der Waals surface area contributed by atoms with Crippen LogP contribution in [0.5, 0.6) is 5.75 Å². The van der Waals surface area contributed by atoms with Crippen molar-refractivity contribution in [1.82, 2.24) is 4.98 Å². The number of aromatic nitrogens is 1. The number of carboxylic acids is 1. The number of aromatic hydroxyl groups is 1. The normalized spacial score (nSPS) is 15.4. The fourth-order valence-corrected chi connectivity index (χ4v) is 1.39. The Labute approximate surface area is 79.0 Å². The second-order valence-corrected chi connectivity index (χ2v) is 3.39. The summed E-state index contributed by atoms with van der Waals surface area (Å²) in [4.78, 5) is 24.3. The number of aromatic carboxylic acids is 1. The molecule has 3 N–H and O–H groups in total. The molecule has 5 nitrogen and oxygen atoms in total. The summed E-state index contributed by atoms with van der Waals surface area (Å²) in [6, 6.07) is 1.32. The van der Waals surface area contributed by atoms with Crippen molar-refractivity contribution in [2.75, 3.05) is 0 Å². The minimum Gasteiger partial charge on any atom is -0.507 e. The van der Waals surface area contributed by atoms with Crippen molar-refractivity contribution in [1.29, 1.82) is 0 Å². The van der Waals surface area contributed by atoms with Crippen LogP contribution in [0.25, 0.3) is 0 Å². The van der Waals surface area contributed by atoms with Gasteiger partial charge in [0.15, 0.2) is 5.56 Å². The lowest BCUT2D eigenvalue weighted by Crippen LogP contribution is -2.18. The fraction of sp³-hybridized carbons (Fsp3) is 0.333. The van der Waals surface area contributed by atoms with Crippen molar-refractivity contribution in [2.24, 2.45) is 0 Å². The summed E-state index contributed by atoms with van der Waals surface area (Å²) in [5, 5.41) is 17.9. The fourth-order valence-electron chi connectivity index (χ4n) is 1.39. The molecule has 0 amide bonds. The van der Waals surface area contributed by atoms with Gasteiger partial charge in [0, 0.05) is 11.8 Å². The summed E-state index contributed by atoms with van der Waals surface area (Å²) >= 11 is 0. The van der Waals surface area contributed by atoms with Crippen molar-refractivity contribution in [3.05, 3.63) is 27.7 Å². The molecule has 1 aromatic rings. The van der Waals surface area contributed by atoms with Crippen LogP contribution in [0.3, 0.4) is 0 Å². The van der Waals surface area contributed by atoms with E-state index in [-0.39, 0.29) is 5.92 Å². The highest BCUT2D eigenvalue weighted by molar-refractivity contribution is 5.90. The summed E-state index contributed by atoms with van der Waals surface area (Å²) in [6.07, 6.45) is 1.95. The number of carbonyl (C=O) groups is 1. The third-order valence-electron chi connectivity index (χ3n) is 2.26. The average molecular weight is 195 g/mol. The summed E-state index contributed by atoms with van der Waals surface area (Å²) in [5.41, 5.74) is -0.702. The SMILES string of the molecule is O=C(O)c1c(O)cc(C2CC2)[nH]c1=O.